The molecule has 2 rings (SSSR count). The third-order valence-corrected chi connectivity index (χ3v) is 4.95. The van der Waals surface area contributed by atoms with Gasteiger partial charge in [-0.2, -0.15) is 0 Å². The van der Waals surface area contributed by atoms with Crippen molar-refractivity contribution in [3.8, 4) is 0 Å². The molecule has 2 heterocycles. The Morgan fingerprint density at radius 3 is 1.56 bits per heavy atom. The van der Waals surface area contributed by atoms with Gasteiger partial charge in [0.1, 0.15) is 11.4 Å². The summed E-state index contributed by atoms with van der Waals surface area (Å²) in [5, 5.41) is 9.43. The Morgan fingerprint density at radius 1 is 0.765 bits per heavy atom. The lowest BCUT2D eigenvalue weighted by Crippen LogP contribution is -2.33. The van der Waals surface area contributed by atoms with E-state index < -0.39 is 5.97 Å². The highest BCUT2D eigenvalue weighted by molar-refractivity contribution is 6.30. The van der Waals surface area contributed by atoms with Crippen molar-refractivity contribution in [1.82, 2.24) is 19.8 Å². The number of carboxylic acids is 1. The second-order valence-electron chi connectivity index (χ2n) is 7.68. The summed E-state index contributed by atoms with van der Waals surface area (Å²) in [6, 6.07) is 5.98. The van der Waals surface area contributed by atoms with E-state index in [0.717, 1.165) is 38.8 Å². The fraction of sp³-hybridized carbons (Fsp3) is 0.480. The minimum Gasteiger partial charge on any atom is -0.478 e. The molecule has 0 saturated heterocycles. The van der Waals surface area contributed by atoms with E-state index in [1.165, 1.54) is 18.3 Å². The molecule has 1 N–H and O–H groups in total. The van der Waals surface area contributed by atoms with Gasteiger partial charge in [-0.15, -0.1) is 0 Å². The molecule has 9 heteroatoms. The van der Waals surface area contributed by atoms with Crippen molar-refractivity contribution in [3.05, 3.63) is 58.6 Å². The van der Waals surface area contributed by atoms with Gasteiger partial charge >= 0.3 is 5.97 Å². The Bertz CT molecular complexity index is 927. The van der Waals surface area contributed by atoms with Gasteiger partial charge in [-0.1, -0.05) is 39.3 Å². The molecule has 8 nitrogen and oxygen atoms in total. The van der Waals surface area contributed by atoms with Gasteiger partial charge in [0.15, 0.2) is 0 Å². The predicted octanol–water partition coefficient (Wildman–Crippen LogP) is 5.04. The van der Waals surface area contributed by atoms with Crippen LogP contribution in [0.1, 0.15) is 84.7 Å². The first-order valence-corrected chi connectivity index (χ1v) is 12.1. The normalized spacial score (nSPS) is 10.1. The molecule has 0 atom stereocenters. The lowest BCUT2D eigenvalue weighted by molar-refractivity contribution is 0.0695. The van der Waals surface area contributed by atoms with Gasteiger partial charge < -0.3 is 14.9 Å². The van der Waals surface area contributed by atoms with Gasteiger partial charge in [0.2, 0.25) is 0 Å². The fourth-order valence-electron chi connectivity index (χ4n) is 3.24. The van der Waals surface area contributed by atoms with Crippen LogP contribution in [0.4, 0.5) is 0 Å². The van der Waals surface area contributed by atoms with E-state index in [-0.39, 0.29) is 23.1 Å². The summed E-state index contributed by atoms with van der Waals surface area (Å²) in [7, 11) is 0. The molecule has 186 valence electrons. The maximum Gasteiger partial charge on any atom is 0.335 e. The zero-order valence-electron chi connectivity index (χ0n) is 20.5. The molecule has 0 aliphatic rings. The summed E-state index contributed by atoms with van der Waals surface area (Å²) in [5.74, 6) is -1.29. The van der Waals surface area contributed by atoms with Crippen molar-refractivity contribution in [3.63, 3.8) is 0 Å². The number of pyridine rings is 2. The lowest BCUT2D eigenvalue weighted by atomic mass is 10.2. The number of carbonyl (C=O) groups is 3. The van der Waals surface area contributed by atoms with Crippen LogP contribution in [0.5, 0.6) is 0 Å². The molecule has 0 unspecified atom stereocenters. The Morgan fingerprint density at radius 2 is 1.18 bits per heavy atom. The maximum atomic E-state index is 12.2. The van der Waals surface area contributed by atoms with Crippen molar-refractivity contribution >= 4 is 29.4 Å². The molecule has 2 amide bonds. The van der Waals surface area contributed by atoms with Crippen molar-refractivity contribution in [2.24, 2.45) is 0 Å². The van der Waals surface area contributed by atoms with Crippen LogP contribution in [-0.4, -0.2) is 68.8 Å². The molecule has 0 bridgehead atoms. The highest BCUT2D eigenvalue weighted by Gasteiger charge is 2.17. The van der Waals surface area contributed by atoms with Crippen LogP contribution in [0.25, 0.3) is 0 Å². The van der Waals surface area contributed by atoms with Crippen molar-refractivity contribution in [1.29, 1.82) is 0 Å². The average Bonchev–Trinajstić information content (AvgIpc) is 2.83. The number of nitrogens with zero attached hydrogens (tertiary/aromatic N) is 4. The number of aromatic carboxylic acids is 1. The van der Waals surface area contributed by atoms with Crippen LogP contribution >= 0.6 is 11.6 Å². The molecule has 0 aliphatic carbocycles. The van der Waals surface area contributed by atoms with E-state index in [0.29, 0.717) is 23.8 Å². The quantitative estimate of drug-likeness (QED) is 0.473. The Kier molecular flexibility index (Phi) is 13.5. The average molecular weight is 491 g/mol. The van der Waals surface area contributed by atoms with Crippen molar-refractivity contribution in [2.45, 2.75) is 53.4 Å². The van der Waals surface area contributed by atoms with Gasteiger partial charge in [-0.3, -0.25) is 19.6 Å². The Labute approximate surface area is 207 Å². The van der Waals surface area contributed by atoms with Crippen LogP contribution in [0.3, 0.4) is 0 Å². The zero-order valence-corrected chi connectivity index (χ0v) is 21.2. The third kappa shape index (κ3) is 9.47. The Balaban J connectivity index is 0.000000342. The van der Waals surface area contributed by atoms with Gasteiger partial charge in [-0.05, 0) is 49.9 Å². The van der Waals surface area contributed by atoms with Gasteiger partial charge in [0.05, 0.1) is 5.56 Å². The molecule has 0 spiro atoms. The molecule has 34 heavy (non-hydrogen) atoms. The molecular formula is C25H35ClN4O4. The molecule has 0 fully saturated rings. The van der Waals surface area contributed by atoms with Crippen LogP contribution in [0.15, 0.2) is 36.7 Å². The standard InChI is InChI=1S/C13H18N2O3.C12H17ClN2O/c1-3-7-15(8-4-2)12(16)11-9-10(13(17)18)5-6-14-11;1-3-7-15(8-4-2)12(16)11-9-10(13)5-6-14-11/h5-6,9H,3-4,7-8H2,1-2H3,(H,17,18);5-6,9H,3-4,7-8H2,1-2H3. The molecule has 0 radical (unpaired) electrons. The first-order chi connectivity index (χ1) is 16.3. The number of carboxylic acid groups (broad SMARTS) is 1. The summed E-state index contributed by atoms with van der Waals surface area (Å²) in [6.07, 6.45) is 6.55. The highest BCUT2D eigenvalue weighted by Crippen LogP contribution is 2.11. The maximum absolute atomic E-state index is 12.2. The van der Waals surface area contributed by atoms with E-state index in [4.69, 9.17) is 16.7 Å². The smallest absolute Gasteiger partial charge is 0.335 e. The highest BCUT2D eigenvalue weighted by atomic mass is 35.5. The van der Waals surface area contributed by atoms with E-state index in [1.807, 2.05) is 18.7 Å². The first kappa shape index (κ1) is 29.0. The number of hydrogen-bond donors (Lipinski definition) is 1. The number of carbonyl (C=O) groups excluding carboxylic acids is 2. The van der Waals surface area contributed by atoms with Crippen LogP contribution in [0.2, 0.25) is 5.02 Å². The van der Waals surface area contributed by atoms with E-state index in [9.17, 15) is 14.4 Å². The first-order valence-electron chi connectivity index (χ1n) is 11.7. The third-order valence-electron chi connectivity index (χ3n) is 4.72. The van der Waals surface area contributed by atoms with Crippen LogP contribution < -0.4 is 0 Å². The van der Waals surface area contributed by atoms with Crippen molar-refractivity contribution in [2.75, 3.05) is 26.2 Å². The predicted molar refractivity (Wildman–Crippen MR) is 133 cm³/mol. The summed E-state index contributed by atoms with van der Waals surface area (Å²) >= 11 is 5.84. The van der Waals surface area contributed by atoms with E-state index >= 15 is 0 Å². The number of amides is 2. The van der Waals surface area contributed by atoms with Gasteiger partial charge in [-0.25, -0.2) is 4.79 Å². The van der Waals surface area contributed by atoms with E-state index in [2.05, 4.69) is 23.8 Å². The Hall–Kier alpha value is -3.00. The summed E-state index contributed by atoms with van der Waals surface area (Å²) in [6.45, 7) is 11.0. The monoisotopic (exact) mass is 490 g/mol. The van der Waals surface area contributed by atoms with Crippen LogP contribution in [-0.2, 0) is 0 Å². The summed E-state index contributed by atoms with van der Waals surface area (Å²) in [4.78, 5) is 46.6. The number of hydrogen-bond acceptors (Lipinski definition) is 5. The zero-order chi connectivity index (χ0) is 25.5. The second kappa shape index (κ2) is 15.8. The number of aromatic nitrogens is 2. The number of rotatable bonds is 11. The summed E-state index contributed by atoms with van der Waals surface area (Å²) < 4.78 is 0. The number of halogens is 1. The summed E-state index contributed by atoms with van der Waals surface area (Å²) in [5.41, 5.74) is 0.701. The topological polar surface area (TPSA) is 104 Å². The minimum absolute atomic E-state index is 0.0359. The minimum atomic E-state index is -1.05. The molecule has 0 aliphatic heterocycles. The SMILES string of the molecule is CCCN(CCC)C(=O)c1cc(C(=O)O)ccn1.CCCN(CCC)C(=O)c1cc(Cl)ccn1. The van der Waals surface area contributed by atoms with Gasteiger partial charge in [0.25, 0.3) is 11.8 Å². The van der Waals surface area contributed by atoms with Gasteiger partial charge in [0, 0.05) is 43.6 Å². The molecule has 2 aromatic rings. The molecule has 2 aromatic heterocycles. The van der Waals surface area contributed by atoms with Crippen molar-refractivity contribution < 1.29 is 19.5 Å². The second-order valence-corrected chi connectivity index (χ2v) is 8.12. The van der Waals surface area contributed by atoms with E-state index in [1.54, 1.807) is 23.2 Å². The molecule has 0 aromatic carbocycles. The molecule has 0 saturated carbocycles. The van der Waals surface area contributed by atoms with Crippen LogP contribution in [0, 0.1) is 0 Å². The fourth-order valence-corrected chi connectivity index (χ4v) is 3.40. The lowest BCUT2D eigenvalue weighted by Gasteiger charge is -2.20. The largest absolute Gasteiger partial charge is 0.478 e. The molecular weight excluding hydrogens is 456 g/mol.